The minimum Gasteiger partial charge on any atom is -0.480 e. The number of carbonyl (C=O) groups is 3. The maximum absolute atomic E-state index is 11.3. The van der Waals surface area contributed by atoms with Gasteiger partial charge < -0.3 is 20.3 Å². The Morgan fingerprint density at radius 2 is 1.94 bits per heavy atom. The van der Waals surface area contributed by atoms with E-state index in [4.69, 9.17) is 10.2 Å². The number of hydrogen-bond donors (Lipinski definition) is 3. The second-order valence-corrected chi connectivity index (χ2v) is 3.74. The summed E-state index contributed by atoms with van der Waals surface area (Å²) in [5.41, 5.74) is 0. The van der Waals surface area contributed by atoms with Gasteiger partial charge in [-0.2, -0.15) is 0 Å². The molecule has 0 spiro atoms. The zero-order valence-electron chi connectivity index (χ0n) is 9.72. The summed E-state index contributed by atoms with van der Waals surface area (Å²) in [6.45, 7) is -0.281. The standard InChI is InChI=1S/C11H19NO5/c13-7-4-2-1-3-5-10(15)12-9(6-8-14)11(16)17/h7,9,14H,1-6,8H2,(H,12,15)(H,16,17)/t9-/m0/s1. The third kappa shape index (κ3) is 8.38. The summed E-state index contributed by atoms with van der Waals surface area (Å²) in [7, 11) is 0. The number of aldehydes is 1. The van der Waals surface area contributed by atoms with E-state index in [0.29, 0.717) is 12.8 Å². The molecule has 0 saturated heterocycles. The minimum atomic E-state index is -1.15. The molecule has 0 unspecified atom stereocenters. The number of carbonyl (C=O) groups excluding carboxylic acids is 2. The van der Waals surface area contributed by atoms with Gasteiger partial charge in [0.2, 0.25) is 5.91 Å². The quantitative estimate of drug-likeness (QED) is 0.374. The van der Waals surface area contributed by atoms with Crippen molar-refractivity contribution >= 4 is 18.2 Å². The number of amides is 1. The molecule has 0 heterocycles. The van der Waals surface area contributed by atoms with Crippen LogP contribution in [0.2, 0.25) is 0 Å². The largest absolute Gasteiger partial charge is 0.480 e. The van der Waals surface area contributed by atoms with Crippen LogP contribution in [0.15, 0.2) is 0 Å². The van der Waals surface area contributed by atoms with E-state index in [-0.39, 0.29) is 25.4 Å². The Hall–Kier alpha value is -1.43. The minimum absolute atomic E-state index is 0.00617. The van der Waals surface area contributed by atoms with E-state index >= 15 is 0 Å². The van der Waals surface area contributed by atoms with Crippen molar-refractivity contribution < 1.29 is 24.6 Å². The molecule has 0 bridgehead atoms. The van der Waals surface area contributed by atoms with Gasteiger partial charge in [-0.15, -0.1) is 0 Å². The van der Waals surface area contributed by atoms with Crippen LogP contribution in [-0.2, 0) is 14.4 Å². The SMILES string of the molecule is O=CCCCCCC(=O)N[C@@H](CCO)C(=O)O. The predicted molar refractivity (Wildman–Crippen MR) is 60.4 cm³/mol. The fraction of sp³-hybridized carbons (Fsp3) is 0.727. The Labute approximate surface area is 100 Å². The summed E-state index contributed by atoms with van der Waals surface area (Å²) >= 11 is 0. The third-order valence-electron chi connectivity index (χ3n) is 2.28. The van der Waals surface area contributed by atoms with E-state index in [2.05, 4.69) is 5.32 Å². The Balaban J connectivity index is 3.74. The lowest BCUT2D eigenvalue weighted by Crippen LogP contribution is -2.41. The summed E-state index contributed by atoms with van der Waals surface area (Å²) in [5, 5.41) is 19.7. The number of aliphatic hydroxyl groups excluding tert-OH is 1. The summed E-state index contributed by atoms with van der Waals surface area (Å²) in [6.07, 6.45) is 3.72. The molecule has 0 aromatic rings. The Bertz CT molecular complexity index is 254. The van der Waals surface area contributed by atoms with Crippen LogP contribution in [0.4, 0.5) is 0 Å². The van der Waals surface area contributed by atoms with E-state index in [1.165, 1.54) is 0 Å². The first-order chi connectivity index (χ1) is 8.11. The summed E-state index contributed by atoms with van der Waals surface area (Å²) in [6, 6.07) is -1.03. The van der Waals surface area contributed by atoms with Gasteiger partial charge in [0.1, 0.15) is 12.3 Å². The maximum Gasteiger partial charge on any atom is 0.326 e. The van der Waals surface area contributed by atoms with Crippen LogP contribution in [-0.4, -0.2) is 41.0 Å². The molecule has 6 heteroatoms. The van der Waals surface area contributed by atoms with Gasteiger partial charge in [-0.05, 0) is 12.8 Å². The molecule has 0 fully saturated rings. The smallest absolute Gasteiger partial charge is 0.326 e. The lowest BCUT2D eigenvalue weighted by atomic mass is 10.1. The number of unbranched alkanes of at least 4 members (excludes halogenated alkanes) is 3. The van der Waals surface area contributed by atoms with Gasteiger partial charge in [-0.25, -0.2) is 4.79 Å². The molecule has 0 aliphatic heterocycles. The number of aliphatic hydroxyl groups is 1. The summed E-state index contributed by atoms with van der Waals surface area (Å²) < 4.78 is 0. The van der Waals surface area contributed by atoms with Gasteiger partial charge in [-0.3, -0.25) is 4.79 Å². The lowest BCUT2D eigenvalue weighted by Gasteiger charge is -2.12. The predicted octanol–water partition coefficient (Wildman–Crippen LogP) is 0.0876. The second-order valence-electron chi connectivity index (χ2n) is 3.74. The highest BCUT2D eigenvalue weighted by molar-refractivity contribution is 5.83. The molecule has 6 nitrogen and oxygen atoms in total. The van der Waals surface area contributed by atoms with Crippen molar-refractivity contribution in [3.05, 3.63) is 0 Å². The number of carboxylic acid groups (broad SMARTS) is 1. The average molecular weight is 245 g/mol. The van der Waals surface area contributed by atoms with Gasteiger partial charge in [0.15, 0.2) is 0 Å². The zero-order chi connectivity index (χ0) is 13.1. The first-order valence-corrected chi connectivity index (χ1v) is 5.68. The van der Waals surface area contributed by atoms with E-state index in [0.717, 1.165) is 19.1 Å². The van der Waals surface area contributed by atoms with Crippen molar-refractivity contribution in [1.82, 2.24) is 5.32 Å². The van der Waals surface area contributed by atoms with E-state index in [9.17, 15) is 14.4 Å². The molecule has 0 aromatic heterocycles. The molecular weight excluding hydrogens is 226 g/mol. The highest BCUT2D eigenvalue weighted by Crippen LogP contribution is 2.02. The monoisotopic (exact) mass is 245 g/mol. The van der Waals surface area contributed by atoms with Crippen molar-refractivity contribution in [2.24, 2.45) is 0 Å². The van der Waals surface area contributed by atoms with Crippen molar-refractivity contribution in [3.63, 3.8) is 0 Å². The van der Waals surface area contributed by atoms with Crippen LogP contribution in [0.1, 0.15) is 38.5 Å². The van der Waals surface area contributed by atoms with Crippen LogP contribution >= 0.6 is 0 Å². The fourth-order valence-electron chi connectivity index (χ4n) is 1.34. The highest BCUT2D eigenvalue weighted by atomic mass is 16.4. The molecule has 0 aliphatic carbocycles. The molecule has 1 amide bonds. The summed E-state index contributed by atoms with van der Waals surface area (Å²) in [5.74, 6) is -1.48. The highest BCUT2D eigenvalue weighted by Gasteiger charge is 2.18. The van der Waals surface area contributed by atoms with Crippen LogP contribution in [0.3, 0.4) is 0 Å². The van der Waals surface area contributed by atoms with Crippen LogP contribution < -0.4 is 5.32 Å². The Morgan fingerprint density at radius 1 is 1.24 bits per heavy atom. The van der Waals surface area contributed by atoms with Gasteiger partial charge >= 0.3 is 5.97 Å². The molecule has 0 aromatic carbocycles. The van der Waals surface area contributed by atoms with E-state index < -0.39 is 12.0 Å². The normalized spacial score (nSPS) is 11.8. The molecule has 98 valence electrons. The van der Waals surface area contributed by atoms with Crippen LogP contribution in [0, 0.1) is 0 Å². The average Bonchev–Trinajstić information content (AvgIpc) is 2.28. The summed E-state index contributed by atoms with van der Waals surface area (Å²) in [4.78, 5) is 32.0. The number of nitrogens with one attached hydrogen (secondary N) is 1. The lowest BCUT2D eigenvalue weighted by molar-refractivity contribution is -0.142. The molecule has 3 N–H and O–H groups in total. The van der Waals surface area contributed by atoms with E-state index in [1.54, 1.807) is 0 Å². The molecule has 0 aliphatic rings. The van der Waals surface area contributed by atoms with E-state index in [1.807, 2.05) is 0 Å². The molecular formula is C11H19NO5. The fourth-order valence-corrected chi connectivity index (χ4v) is 1.34. The number of hydrogen-bond acceptors (Lipinski definition) is 4. The molecule has 1 atom stereocenters. The Morgan fingerprint density at radius 3 is 2.47 bits per heavy atom. The molecule has 0 saturated carbocycles. The first-order valence-electron chi connectivity index (χ1n) is 5.68. The molecule has 17 heavy (non-hydrogen) atoms. The Kier molecular flexibility index (Phi) is 8.95. The second kappa shape index (κ2) is 9.77. The van der Waals surface area contributed by atoms with Crippen molar-refractivity contribution in [1.29, 1.82) is 0 Å². The van der Waals surface area contributed by atoms with Crippen LogP contribution in [0.5, 0.6) is 0 Å². The topological polar surface area (TPSA) is 104 Å². The molecule has 0 rings (SSSR count). The van der Waals surface area contributed by atoms with Crippen molar-refractivity contribution in [2.45, 2.75) is 44.6 Å². The van der Waals surface area contributed by atoms with Gasteiger partial charge in [0.05, 0.1) is 0 Å². The number of aliphatic carboxylic acids is 1. The number of carboxylic acids is 1. The van der Waals surface area contributed by atoms with Crippen LogP contribution in [0.25, 0.3) is 0 Å². The first kappa shape index (κ1) is 15.6. The maximum atomic E-state index is 11.3. The molecule has 0 radical (unpaired) electrons. The third-order valence-corrected chi connectivity index (χ3v) is 2.28. The van der Waals surface area contributed by atoms with Gasteiger partial charge in [-0.1, -0.05) is 6.42 Å². The zero-order valence-corrected chi connectivity index (χ0v) is 9.72. The van der Waals surface area contributed by atoms with Gasteiger partial charge in [0, 0.05) is 25.9 Å². The van der Waals surface area contributed by atoms with Gasteiger partial charge in [0.25, 0.3) is 0 Å². The van der Waals surface area contributed by atoms with Crippen molar-refractivity contribution in [2.75, 3.05) is 6.61 Å². The number of rotatable bonds is 10. The van der Waals surface area contributed by atoms with Crippen molar-refractivity contribution in [3.8, 4) is 0 Å².